The summed E-state index contributed by atoms with van der Waals surface area (Å²) >= 11 is 0. The normalized spacial score (nSPS) is 9.72. The summed E-state index contributed by atoms with van der Waals surface area (Å²) in [6, 6.07) is 18.6. The summed E-state index contributed by atoms with van der Waals surface area (Å²) in [6.45, 7) is 13.4. The van der Waals surface area contributed by atoms with Gasteiger partial charge < -0.3 is 23.7 Å². The number of ketones is 1. The highest BCUT2D eigenvalue weighted by Gasteiger charge is 2.26. The van der Waals surface area contributed by atoms with Crippen LogP contribution in [-0.4, -0.2) is 36.8 Å². The van der Waals surface area contributed by atoms with E-state index in [1.807, 2.05) is 0 Å². The molecule has 0 amide bonds. The van der Waals surface area contributed by atoms with Gasteiger partial charge in [0.1, 0.15) is 23.2 Å². The molecule has 0 radical (unpaired) electrons. The van der Waals surface area contributed by atoms with Crippen LogP contribution in [0.3, 0.4) is 0 Å². The van der Waals surface area contributed by atoms with Crippen molar-refractivity contribution in [2.24, 2.45) is 0 Å². The van der Waals surface area contributed by atoms with Crippen molar-refractivity contribution >= 4 is 35.7 Å². The first kappa shape index (κ1) is 41.3. The zero-order valence-electron chi connectivity index (χ0n) is 30.2. The van der Waals surface area contributed by atoms with Crippen LogP contribution in [0.25, 0.3) is 6.08 Å². The van der Waals surface area contributed by atoms with Crippen molar-refractivity contribution < 1.29 is 52.0 Å². The molecule has 0 aromatic heterocycles. The molecule has 0 unspecified atom stereocenters. The Bertz CT molecular complexity index is 2510. The second-order valence-electron chi connectivity index (χ2n) is 10.9. The van der Waals surface area contributed by atoms with E-state index in [1.165, 1.54) is 61.7 Å². The third-order valence-corrected chi connectivity index (χ3v) is 7.18. The average Bonchev–Trinajstić information content (AvgIpc) is 3.23. The number of benzene rings is 4. The quantitative estimate of drug-likeness (QED) is 0.0527. The van der Waals surface area contributed by atoms with Crippen LogP contribution in [0.5, 0.6) is 23.0 Å². The first-order chi connectivity index (χ1) is 27.5. The smallest absolute Gasteiger partial charge is 0.344 e. The molecule has 0 N–H and O–H groups in total. The van der Waals surface area contributed by atoms with E-state index in [0.717, 1.165) is 24.3 Å². The van der Waals surface area contributed by atoms with Gasteiger partial charge in [-0.3, -0.25) is 4.79 Å². The first-order valence-electron chi connectivity index (χ1n) is 16.4. The lowest BCUT2D eigenvalue weighted by atomic mass is 9.99. The number of rotatable bonds is 11. The number of hydrogen-bond acceptors (Lipinski definition) is 10. The SMILES string of the molecule is C=CC(=O)OC#Cc1c(C#Cc2ccc(C(=O)/C=C/c3ccc(OC(=O)C=C)cc3)cc2)c(F)c(OC)c(C#Cc2ccc(OC(=O)C=C)cc2)c1OC(=O)C=C. The van der Waals surface area contributed by atoms with Crippen molar-refractivity contribution in [2.75, 3.05) is 7.11 Å². The second-order valence-corrected chi connectivity index (χ2v) is 10.9. The van der Waals surface area contributed by atoms with Gasteiger partial charge in [0.05, 0.1) is 18.2 Å². The van der Waals surface area contributed by atoms with Crippen LogP contribution < -0.4 is 18.9 Å². The van der Waals surface area contributed by atoms with Crippen molar-refractivity contribution in [3.63, 3.8) is 0 Å². The van der Waals surface area contributed by atoms with Crippen LogP contribution in [0.2, 0.25) is 0 Å². The van der Waals surface area contributed by atoms with Crippen LogP contribution in [0.4, 0.5) is 4.39 Å². The average molecular weight is 761 g/mol. The zero-order valence-corrected chi connectivity index (χ0v) is 30.2. The minimum Gasteiger partial charge on any atom is -0.492 e. The highest BCUT2D eigenvalue weighted by molar-refractivity contribution is 6.06. The highest BCUT2D eigenvalue weighted by atomic mass is 19.1. The van der Waals surface area contributed by atoms with Crippen molar-refractivity contribution in [1.82, 2.24) is 0 Å². The van der Waals surface area contributed by atoms with E-state index in [-0.39, 0.29) is 28.4 Å². The molecule has 0 saturated carbocycles. The van der Waals surface area contributed by atoms with Gasteiger partial charge in [0.2, 0.25) is 0 Å². The van der Waals surface area contributed by atoms with Crippen LogP contribution in [-0.2, 0) is 23.9 Å². The largest absolute Gasteiger partial charge is 0.492 e. The zero-order chi connectivity index (χ0) is 41.3. The Hall–Kier alpha value is -8.46. The van der Waals surface area contributed by atoms with E-state index >= 15 is 4.39 Å². The lowest BCUT2D eigenvalue weighted by molar-refractivity contribution is -0.131. The topological polar surface area (TPSA) is 132 Å². The lowest BCUT2D eigenvalue weighted by Gasteiger charge is -2.15. The number of methoxy groups -OCH3 is 1. The minimum absolute atomic E-state index is 0.219. The summed E-state index contributed by atoms with van der Waals surface area (Å²) in [5.74, 6) is 8.73. The van der Waals surface area contributed by atoms with Gasteiger partial charge in [-0.25, -0.2) is 23.6 Å². The van der Waals surface area contributed by atoms with Crippen LogP contribution in [0.15, 0.2) is 129 Å². The van der Waals surface area contributed by atoms with Gasteiger partial charge in [-0.05, 0) is 78.2 Å². The molecule has 4 aromatic rings. The molecule has 0 atom stereocenters. The van der Waals surface area contributed by atoms with E-state index in [2.05, 4.69) is 62.0 Å². The lowest BCUT2D eigenvalue weighted by Crippen LogP contribution is -2.10. The maximum absolute atomic E-state index is 16.4. The molecule has 10 nitrogen and oxygen atoms in total. The van der Waals surface area contributed by atoms with E-state index in [9.17, 15) is 24.0 Å². The van der Waals surface area contributed by atoms with E-state index in [0.29, 0.717) is 28.0 Å². The molecule has 0 aliphatic heterocycles. The van der Waals surface area contributed by atoms with Crippen molar-refractivity contribution in [2.45, 2.75) is 0 Å². The molecule has 0 aliphatic rings. The highest BCUT2D eigenvalue weighted by Crippen LogP contribution is 2.38. The molecule has 4 aromatic carbocycles. The number of halogens is 1. The standard InChI is InChI=1S/C46H29FO10/c1-6-40(49)54-29-28-37-36(25-16-30-10-19-33(20-11-30)39(48)27-18-32-14-23-35(24-15-32)56-42(51)8-3)44(47)46(53-5)38(45(37)57-43(52)9-4)26-17-31-12-21-34(22-13-31)55-41(50)7-2/h6-15,18-24,27H,1-4H2,5H3/b27-18+. The number of esters is 4. The minimum atomic E-state index is -1.04. The number of carbonyl (C=O) groups excluding carboxylic acids is 5. The fourth-order valence-electron chi connectivity index (χ4n) is 4.45. The van der Waals surface area contributed by atoms with Crippen LogP contribution in [0, 0.1) is 41.5 Å². The monoisotopic (exact) mass is 760 g/mol. The fraction of sp³-hybridized carbons (Fsp3) is 0.0217. The Balaban J connectivity index is 1.75. The van der Waals surface area contributed by atoms with Gasteiger partial charge in [0.25, 0.3) is 0 Å². The van der Waals surface area contributed by atoms with Gasteiger partial charge in [0.15, 0.2) is 23.1 Å². The fourth-order valence-corrected chi connectivity index (χ4v) is 4.45. The number of allylic oxidation sites excluding steroid dienone is 1. The predicted octanol–water partition coefficient (Wildman–Crippen LogP) is 6.84. The summed E-state index contributed by atoms with van der Waals surface area (Å²) in [4.78, 5) is 60.2. The third kappa shape index (κ3) is 11.5. The summed E-state index contributed by atoms with van der Waals surface area (Å²) < 4.78 is 42.2. The Kier molecular flexibility index (Phi) is 14.6. The molecule has 0 heterocycles. The van der Waals surface area contributed by atoms with Crippen LogP contribution in [0.1, 0.15) is 43.7 Å². The molecule has 280 valence electrons. The van der Waals surface area contributed by atoms with Crippen molar-refractivity contribution in [3.8, 4) is 58.7 Å². The molecule has 0 aliphatic carbocycles. The van der Waals surface area contributed by atoms with E-state index in [1.54, 1.807) is 30.3 Å². The molecule has 0 saturated heterocycles. The van der Waals surface area contributed by atoms with Gasteiger partial charge in [0, 0.05) is 41.0 Å². The molecule has 0 bridgehead atoms. The number of ether oxygens (including phenoxy) is 5. The summed E-state index contributed by atoms with van der Waals surface area (Å²) in [6.07, 6.45) is 8.86. The second kappa shape index (κ2) is 20.1. The van der Waals surface area contributed by atoms with E-state index in [4.69, 9.17) is 23.7 Å². The predicted molar refractivity (Wildman–Crippen MR) is 208 cm³/mol. The maximum Gasteiger partial charge on any atom is 0.344 e. The number of hydrogen-bond donors (Lipinski definition) is 0. The third-order valence-electron chi connectivity index (χ3n) is 7.18. The Morgan fingerprint density at radius 1 is 0.561 bits per heavy atom. The Morgan fingerprint density at radius 2 is 1.05 bits per heavy atom. The van der Waals surface area contributed by atoms with Gasteiger partial charge in [-0.15, -0.1) is 0 Å². The van der Waals surface area contributed by atoms with Gasteiger partial charge >= 0.3 is 23.9 Å². The Labute approximate surface area is 327 Å². The summed E-state index contributed by atoms with van der Waals surface area (Å²) in [5.41, 5.74) is 0.753. The van der Waals surface area contributed by atoms with Gasteiger partial charge in [-0.2, -0.15) is 0 Å². The molecular weight excluding hydrogens is 731 g/mol. The van der Waals surface area contributed by atoms with Crippen LogP contribution >= 0.6 is 0 Å². The molecular formula is C46H29FO10. The van der Waals surface area contributed by atoms with Gasteiger partial charge in [-0.1, -0.05) is 68.2 Å². The summed E-state index contributed by atoms with van der Waals surface area (Å²) in [7, 11) is 1.17. The molecule has 0 spiro atoms. The summed E-state index contributed by atoms with van der Waals surface area (Å²) in [5, 5.41) is 0. The first-order valence-corrected chi connectivity index (χ1v) is 16.4. The molecule has 11 heteroatoms. The van der Waals surface area contributed by atoms with Crippen molar-refractivity contribution in [3.05, 3.63) is 174 Å². The van der Waals surface area contributed by atoms with E-state index < -0.39 is 41.0 Å². The molecule has 4 rings (SSSR count). The number of carbonyl (C=O) groups is 5. The molecule has 0 fully saturated rings. The molecule has 57 heavy (non-hydrogen) atoms. The Morgan fingerprint density at radius 3 is 1.58 bits per heavy atom. The van der Waals surface area contributed by atoms with Crippen molar-refractivity contribution in [1.29, 1.82) is 0 Å². The maximum atomic E-state index is 16.4.